The number of anilines is 6. The van der Waals surface area contributed by atoms with Gasteiger partial charge in [-0.3, -0.25) is 0 Å². The number of nitrogens with zero attached hydrogens (tertiary/aromatic N) is 4. The van der Waals surface area contributed by atoms with E-state index in [4.69, 9.17) is 0 Å². The van der Waals surface area contributed by atoms with Crippen LogP contribution in [0, 0.1) is 0 Å². The highest BCUT2D eigenvalue weighted by molar-refractivity contribution is 9.10. The fraction of sp³-hybridized carbons (Fsp3) is 0. The first-order valence-corrected chi connectivity index (χ1v) is 39.9. The lowest BCUT2D eigenvalue weighted by Crippen LogP contribution is -2.29. The molecule has 20 rings (SSSR count). The van der Waals surface area contributed by atoms with Crippen LogP contribution in [0.1, 0.15) is 0 Å². The van der Waals surface area contributed by atoms with Gasteiger partial charge >= 0.3 is 7.12 Å². The lowest BCUT2D eigenvalue weighted by Gasteiger charge is -2.26. The molecule has 20 aromatic rings. The number of aromatic nitrogens is 2. The number of halogens is 1. The highest BCUT2D eigenvalue weighted by Crippen LogP contribution is 2.43. The Bertz CT molecular complexity index is 6550. The van der Waals surface area contributed by atoms with E-state index in [1.165, 1.54) is 116 Å². The van der Waals surface area contributed by atoms with Crippen LogP contribution in [0.4, 0.5) is 34.1 Å². The second-order valence-electron chi connectivity index (χ2n) is 28.8. The van der Waals surface area contributed by atoms with Crippen LogP contribution in [-0.2, 0) is 13.5 Å². The van der Waals surface area contributed by atoms with E-state index in [-0.39, 0.29) is 13.5 Å². The first-order valence-electron chi connectivity index (χ1n) is 39.1. The highest BCUT2D eigenvalue weighted by atomic mass is 79.9. The number of hydrogen-bond donors (Lipinski definition) is 2. The Morgan fingerprint density at radius 3 is 0.632 bits per heavy atom. The maximum Gasteiger partial charge on any atom is 0.488 e. The van der Waals surface area contributed by atoms with Crippen molar-refractivity contribution in [2.75, 3.05) is 9.80 Å². The van der Waals surface area contributed by atoms with Gasteiger partial charge in [0.2, 0.25) is 0 Å². The van der Waals surface area contributed by atoms with Gasteiger partial charge in [0, 0.05) is 71.5 Å². The number of benzene rings is 18. The highest BCUT2D eigenvalue weighted by Gasteiger charge is 2.21. The summed E-state index contributed by atoms with van der Waals surface area (Å²) in [5, 5.41) is 24.0. The van der Waals surface area contributed by atoms with Crippen LogP contribution >= 0.6 is 15.9 Å². The van der Waals surface area contributed by atoms with E-state index in [9.17, 15) is 10.0 Å². The Morgan fingerprint density at radius 2 is 0.385 bits per heavy atom. The van der Waals surface area contributed by atoms with Gasteiger partial charge in [0.05, 0.1) is 22.1 Å². The van der Waals surface area contributed by atoms with Crippen LogP contribution < -0.4 is 15.3 Å². The van der Waals surface area contributed by atoms with Crippen molar-refractivity contribution in [1.29, 1.82) is 0 Å². The van der Waals surface area contributed by atoms with Gasteiger partial charge in [0.25, 0.3) is 0 Å². The molecule has 6 nitrogen and oxygen atoms in total. The molecule has 0 saturated carbocycles. The molecule has 2 N–H and O–H groups in total. The summed E-state index contributed by atoms with van der Waals surface area (Å²) in [4.78, 5) is 4.51. The zero-order chi connectivity index (χ0) is 78.1. The molecule has 0 aliphatic rings. The van der Waals surface area contributed by atoms with Gasteiger partial charge in [-0.1, -0.05) is 325 Å². The van der Waals surface area contributed by atoms with E-state index in [0.29, 0.717) is 5.46 Å². The van der Waals surface area contributed by atoms with Crippen LogP contribution in [0.15, 0.2) is 466 Å². The molecule has 9 heteroatoms. The summed E-state index contributed by atoms with van der Waals surface area (Å²) in [5.74, 6) is 0. The lowest BCUT2D eigenvalue weighted by molar-refractivity contribution is 0.426. The van der Waals surface area contributed by atoms with Gasteiger partial charge in [-0.2, -0.15) is 0 Å². The second-order valence-corrected chi connectivity index (χ2v) is 29.7. The van der Waals surface area contributed by atoms with Crippen LogP contribution in [0.5, 0.6) is 0 Å². The van der Waals surface area contributed by atoms with E-state index in [1.807, 2.05) is 48.5 Å². The van der Waals surface area contributed by atoms with Crippen LogP contribution in [0.3, 0.4) is 0 Å². The molecule has 0 amide bonds. The zero-order valence-corrected chi connectivity index (χ0v) is 66.3. The van der Waals surface area contributed by atoms with E-state index in [1.54, 1.807) is 12.1 Å². The lowest BCUT2D eigenvalue weighted by atomic mass is 9.80. The minimum Gasteiger partial charge on any atom is -2.00 e. The third-order valence-corrected chi connectivity index (χ3v) is 22.1. The fourth-order valence-corrected chi connectivity index (χ4v) is 16.1. The second kappa shape index (κ2) is 34.7. The minimum atomic E-state index is -1.49. The summed E-state index contributed by atoms with van der Waals surface area (Å²) in [6, 6.07) is 162. The summed E-state index contributed by atoms with van der Waals surface area (Å²) in [7, 11) is -1.49. The monoisotopic (exact) mass is 1580 g/mol. The van der Waals surface area contributed by atoms with Crippen molar-refractivity contribution in [3.8, 4) is 89.3 Å². The zero-order valence-electron chi connectivity index (χ0n) is 63.9. The number of rotatable bonds is 16. The van der Waals surface area contributed by atoms with E-state index in [0.717, 1.165) is 55.4 Å². The van der Waals surface area contributed by atoms with Gasteiger partial charge in [0.1, 0.15) is 0 Å². The molecular formula is C108H78BBrN4O2S-2. The van der Waals surface area contributed by atoms with Crippen molar-refractivity contribution in [3.05, 3.63) is 466 Å². The number of hydrogen-bond acceptors (Lipinski definition) is 4. The molecule has 0 radical (unpaired) electrons. The topological polar surface area (TPSA) is 56.8 Å². The average molecular weight is 1590 g/mol. The van der Waals surface area contributed by atoms with Crippen molar-refractivity contribution in [2.24, 2.45) is 0 Å². The van der Waals surface area contributed by atoms with Crippen LogP contribution in [0.25, 0.3) is 133 Å². The molecule has 2 aromatic heterocycles. The molecule has 0 aliphatic carbocycles. The minimum absolute atomic E-state index is 0. The van der Waals surface area contributed by atoms with Gasteiger partial charge in [-0.05, 0) is 235 Å². The molecule has 2 heterocycles. The maximum atomic E-state index is 9.51. The fourth-order valence-electron chi connectivity index (χ4n) is 15.8. The third-order valence-electron chi connectivity index (χ3n) is 21.6. The summed E-state index contributed by atoms with van der Waals surface area (Å²) in [6.07, 6.45) is 0. The average Bonchev–Trinajstić information content (AvgIpc) is 1.59. The van der Waals surface area contributed by atoms with Crippen LogP contribution in [-0.4, -0.2) is 26.3 Å². The number of fused-ring (bicyclic) bond motifs is 6. The molecule has 560 valence electrons. The van der Waals surface area contributed by atoms with E-state index in [2.05, 4.69) is 435 Å². The normalized spacial score (nSPS) is 11.0. The van der Waals surface area contributed by atoms with Crippen molar-refractivity contribution in [3.63, 3.8) is 0 Å². The molecule has 0 bridgehead atoms. The van der Waals surface area contributed by atoms with E-state index < -0.39 is 7.12 Å². The standard InChI is InChI=1S/C54H38N2.C30H24BNO2.C24H16BrN.S/c1-5-13-39(14-6-1)42-21-29-48(30-22-42)55(49-31-23-43(24-32-49)40-15-7-2-8-16-40)50-33-25-44(26-34-50)46-28-36-54-52(38-46)51-37-45(41-17-9-3-10-18-41)27-35-53(51)56(54)47-19-11-4-12-20-47;33-31(34)27-15-21-30(22-16-27)32(28-17-11-25(12-18-28)23-7-3-1-4-8-23)29-19-13-26(14-20-29)24-9-5-2-6-10-24;25-19-12-14-24-22(16-19)21-15-18(17-7-3-1-4-8-17)11-13-23(21)26(24)20-9-5-2-6-10-20;/h1-38H;1-22,33-34H;1-16H;/q;;;-2. The summed E-state index contributed by atoms with van der Waals surface area (Å²) < 4.78 is 5.82. The first kappa shape index (κ1) is 75.6. The van der Waals surface area contributed by atoms with Gasteiger partial charge in [-0.25, -0.2) is 0 Å². The summed E-state index contributed by atoms with van der Waals surface area (Å²) in [6.45, 7) is 0. The Balaban J connectivity index is 0.000000137. The Morgan fingerprint density at radius 1 is 0.197 bits per heavy atom. The molecule has 0 atom stereocenters. The molecule has 18 aromatic carbocycles. The number of para-hydroxylation sites is 2. The van der Waals surface area contributed by atoms with Gasteiger partial charge < -0.3 is 42.5 Å². The van der Waals surface area contributed by atoms with Crippen LogP contribution in [0.2, 0.25) is 0 Å². The molecule has 0 saturated heterocycles. The summed E-state index contributed by atoms with van der Waals surface area (Å²) >= 11 is 3.64. The smallest absolute Gasteiger partial charge is 0.488 e. The van der Waals surface area contributed by atoms with Crippen molar-refractivity contribution in [1.82, 2.24) is 9.13 Å². The van der Waals surface area contributed by atoms with Crippen molar-refractivity contribution in [2.45, 2.75) is 0 Å². The predicted molar refractivity (Wildman–Crippen MR) is 500 cm³/mol. The van der Waals surface area contributed by atoms with Gasteiger partial charge in [-0.15, -0.1) is 0 Å². The van der Waals surface area contributed by atoms with Gasteiger partial charge in [0.15, 0.2) is 0 Å². The quantitative estimate of drug-likeness (QED) is 0.0947. The molecular weight excluding hydrogens is 1510 g/mol. The third kappa shape index (κ3) is 16.3. The molecule has 117 heavy (non-hydrogen) atoms. The maximum absolute atomic E-state index is 9.51. The van der Waals surface area contributed by atoms with Crippen molar-refractivity contribution >= 4 is 120 Å². The summed E-state index contributed by atoms with van der Waals surface area (Å²) in [5.41, 5.74) is 30.7. The molecule has 0 fully saturated rings. The molecule has 0 unspecified atom stereocenters. The molecule has 0 spiro atoms. The largest absolute Gasteiger partial charge is 2.00 e. The first-order chi connectivity index (χ1) is 57.3. The molecule has 0 aliphatic heterocycles. The predicted octanol–water partition coefficient (Wildman–Crippen LogP) is 28.3. The Labute approximate surface area is 698 Å². The van der Waals surface area contributed by atoms with Crippen molar-refractivity contribution < 1.29 is 10.0 Å². The SMILES string of the molecule is Brc1ccc2c(c1)c1cc(-c3ccccc3)ccc1n2-c1ccccc1.OB(O)c1ccc(N(c2ccc(-c3ccccc3)cc2)c2ccc(-c3ccccc3)cc2)cc1.[S-2].c1ccc(-c2ccc(N(c3ccc(-c4ccccc4)cc3)c3ccc(-c4ccc5c(c4)c4cc(-c6ccccc6)ccc4n5-c4ccccc4)cc3)cc2)cc1. The Hall–Kier alpha value is -14.0. The Kier molecular flexibility index (Phi) is 22.5. The van der Waals surface area contributed by atoms with E-state index >= 15 is 0 Å².